The van der Waals surface area contributed by atoms with Crippen molar-refractivity contribution in [2.24, 2.45) is 0 Å². The molecule has 0 amide bonds. The van der Waals surface area contributed by atoms with Gasteiger partial charge in [-0.05, 0) is 6.42 Å². The van der Waals surface area contributed by atoms with E-state index in [1.807, 2.05) is 6.92 Å². The van der Waals surface area contributed by atoms with Gasteiger partial charge in [0.05, 0.1) is 12.8 Å². The lowest BCUT2D eigenvalue weighted by Crippen LogP contribution is -2.74. The Morgan fingerprint density at radius 2 is 1.07 bits per heavy atom. The predicted molar refractivity (Wildman–Crippen MR) is 108 cm³/mol. The van der Waals surface area contributed by atoms with Crippen molar-refractivity contribution in [2.75, 3.05) is 6.61 Å². The Labute approximate surface area is 226 Å². The van der Waals surface area contributed by atoms with Crippen molar-refractivity contribution in [2.45, 2.75) is 113 Å². The van der Waals surface area contributed by atoms with Crippen LogP contribution in [0.15, 0.2) is 6.20 Å². The number of unbranched alkanes of at least 4 members (excludes halogenated alkanes) is 5. The highest BCUT2D eigenvalue weighted by molar-refractivity contribution is 5.15. The van der Waals surface area contributed by atoms with Gasteiger partial charge in [0.2, 0.25) is 0 Å². The summed E-state index contributed by atoms with van der Waals surface area (Å²) in [6, 6.07) is 0. The van der Waals surface area contributed by atoms with Crippen molar-refractivity contribution in [3.63, 3.8) is 0 Å². The average molecular weight is 657 g/mol. The van der Waals surface area contributed by atoms with E-state index in [0.29, 0.717) is 6.42 Å². The van der Waals surface area contributed by atoms with Crippen LogP contribution in [0.1, 0.15) is 57.6 Å². The molecule has 0 aliphatic heterocycles. The Morgan fingerprint density at radius 3 is 1.57 bits per heavy atom. The van der Waals surface area contributed by atoms with Crippen molar-refractivity contribution in [1.82, 2.24) is 15.0 Å². The lowest BCUT2D eigenvalue weighted by Gasteiger charge is -2.42. The van der Waals surface area contributed by atoms with Gasteiger partial charge in [0.25, 0.3) is 0 Å². The number of halogens is 17. The van der Waals surface area contributed by atoms with Crippen molar-refractivity contribution >= 4 is 0 Å². The van der Waals surface area contributed by atoms with Crippen molar-refractivity contribution < 1.29 is 79.4 Å². The summed E-state index contributed by atoms with van der Waals surface area (Å²) in [6.07, 6.45) is -4.22. The van der Waals surface area contributed by atoms with Crippen LogP contribution in [0, 0.1) is 0 Å². The van der Waals surface area contributed by atoms with E-state index in [1.54, 1.807) is 0 Å². The van der Waals surface area contributed by atoms with E-state index < -0.39 is 60.6 Å². The Morgan fingerprint density at radius 1 is 0.619 bits per heavy atom. The molecular formula is C21H24F17N3O. The molecule has 0 aliphatic rings. The maximum atomic E-state index is 14.0. The van der Waals surface area contributed by atoms with Gasteiger partial charge in [-0.3, -0.25) is 4.68 Å². The van der Waals surface area contributed by atoms with Gasteiger partial charge in [-0.2, -0.15) is 74.6 Å². The molecule has 1 rings (SSSR count). The molecule has 0 bridgehead atoms. The summed E-state index contributed by atoms with van der Waals surface area (Å²) >= 11 is 0. The summed E-state index contributed by atoms with van der Waals surface area (Å²) in [5.41, 5.74) is -0.111. The van der Waals surface area contributed by atoms with Gasteiger partial charge < -0.3 is 4.74 Å². The third-order valence-electron chi connectivity index (χ3n) is 5.92. The molecule has 1 aromatic heterocycles. The number of nitrogens with zero attached hydrogens (tertiary/aromatic N) is 3. The fraction of sp³-hybridized carbons (Fsp3) is 0.905. The molecule has 0 N–H and O–H groups in total. The number of hydrogen-bond acceptors (Lipinski definition) is 3. The molecule has 0 unspecified atom stereocenters. The fourth-order valence-electron chi connectivity index (χ4n) is 3.28. The fourth-order valence-corrected chi connectivity index (χ4v) is 3.28. The van der Waals surface area contributed by atoms with Crippen LogP contribution in [0.25, 0.3) is 0 Å². The standard InChI is InChI=1S/C21H24F17N3O/c1-2-3-4-5-6-7-10-42-12-13-11-41(40-39-13)9-8-14(22,23)15(24,25)16(26,27)17(28,29)18(30,31)19(32,33)20(34,35)21(36,37)38/h11H,2-10,12H2,1H3. The monoisotopic (exact) mass is 657 g/mol. The summed E-state index contributed by atoms with van der Waals surface area (Å²) in [7, 11) is 0. The number of alkyl halides is 17. The highest BCUT2D eigenvalue weighted by Crippen LogP contribution is 2.64. The van der Waals surface area contributed by atoms with Crippen molar-refractivity contribution in [3.05, 3.63) is 11.9 Å². The first kappa shape index (κ1) is 37.9. The molecule has 1 heterocycles. The molecule has 0 atom stereocenters. The van der Waals surface area contributed by atoms with Crippen LogP contribution in [0.5, 0.6) is 0 Å². The van der Waals surface area contributed by atoms with Gasteiger partial charge in [-0.1, -0.05) is 44.2 Å². The number of ether oxygens (including phenoxy) is 1. The molecule has 0 aromatic carbocycles. The Hall–Kier alpha value is -2.09. The molecule has 0 spiro atoms. The number of hydrogen-bond donors (Lipinski definition) is 0. The third kappa shape index (κ3) is 7.00. The van der Waals surface area contributed by atoms with Gasteiger partial charge >= 0.3 is 47.6 Å². The van der Waals surface area contributed by atoms with E-state index in [0.717, 1.165) is 38.3 Å². The number of rotatable bonds is 18. The summed E-state index contributed by atoms with van der Waals surface area (Å²) in [6.45, 7) is 0.385. The van der Waals surface area contributed by atoms with Crippen LogP contribution < -0.4 is 0 Å². The SMILES string of the molecule is CCCCCCCCOCc1cn(CCC(F)(F)C(F)(F)C(F)(F)C(F)(F)C(F)(F)C(F)(F)C(F)(F)C(F)(F)F)nn1. The minimum absolute atomic E-state index is 0.111. The summed E-state index contributed by atoms with van der Waals surface area (Å²) in [4.78, 5) is 0. The minimum atomic E-state index is -8.64. The molecule has 4 nitrogen and oxygen atoms in total. The second-order valence-corrected chi connectivity index (χ2v) is 9.19. The average Bonchev–Trinajstić information content (AvgIpc) is 3.30. The Bertz CT molecular complexity index is 991. The first-order valence-electron chi connectivity index (χ1n) is 11.9. The molecule has 0 fully saturated rings. The molecule has 21 heteroatoms. The second kappa shape index (κ2) is 12.9. The van der Waals surface area contributed by atoms with E-state index in [2.05, 4.69) is 10.3 Å². The molecular weight excluding hydrogens is 633 g/mol. The maximum absolute atomic E-state index is 14.0. The topological polar surface area (TPSA) is 39.9 Å². The van der Waals surface area contributed by atoms with E-state index in [-0.39, 0.29) is 23.6 Å². The van der Waals surface area contributed by atoms with E-state index in [1.165, 1.54) is 0 Å². The van der Waals surface area contributed by atoms with Gasteiger partial charge in [-0.25, -0.2) is 0 Å². The predicted octanol–water partition coefficient (Wildman–Crippen LogP) is 8.55. The van der Waals surface area contributed by atoms with Crippen molar-refractivity contribution in [3.8, 4) is 0 Å². The first-order chi connectivity index (χ1) is 18.8. The number of aromatic nitrogens is 3. The van der Waals surface area contributed by atoms with E-state index >= 15 is 0 Å². The van der Waals surface area contributed by atoms with Crippen molar-refractivity contribution in [1.29, 1.82) is 0 Å². The summed E-state index contributed by atoms with van der Waals surface area (Å²) in [5, 5.41) is 6.52. The quantitative estimate of drug-likeness (QED) is 0.117. The molecule has 0 saturated carbocycles. The molecule has 0 aliphatic carbocycles. The largest absolute Gasteiger partial charge is 0.460 e. The lowest BCUT2D eigenvalue weighted by atomic mass is 9.88. The zero-order valence-electron chi connectivity index (χ0n) is 21.3. The zero-order valence-corrected chi connectivity index (χ0v) is 21.3. The second-order valence-electron chi connectivity index (χ2n) is 9.19. The van der Waals surface area contributed by atoms with Crippen LogP contribution >= 0.6 is 0 Å². The lowest BCUT2D eigenvalue weighted by molar-refractivity contribution is -0.461. The van der Waals surface area contributed by atoms with Gasteiger partial charge in [-0.15, -0.1) is 5.10 Å². The van der Waals surface area contributed by atoms with Gasteiger partial charge in [0.15, 0.2) is 0 Å². The van der Waals surface area contributed by atoms with Crippen LogP contribution in [-0.2, 0) is 17.9 Å². The Balaban J connectivity index is 3.01. The van der Waals surface area contributed by atoms with Gasteiger partial charge in [0.1, 0.15) is 5.69 Å². The van der Waals surface area contributed by atoms with E-state index in [4.69, 9.17) is 4.74 Å². The molecule has 1 aromatic rings. The highest BCUT2D eigenvalue weighted by Gasteiger charge is 2.95. The maximum Gasteiger partial charge on any atom is 0.460 e. The molecule has 0 radical (unpaired) electrons. The molecule has 42 heavy (non-hydrogen) atoms. The first-order valence-corrected chi connectivity index (χ1v) is 11.9. The third-order valence-corrected chi connectivity index (χ3v) is 5.92. The zero-order chi connectivity index (χ0) is 33.1. The minimum Gasteiger partial charge on any atom is -0.375 e. The van der Waals surface area contributed by atoms with Crippen LogP contribution in [0.4, 0.5) is 74.6 Å². The van der Waals surface area contributed by atoms with Gasteiger partial charge in [0, 0.05) is 19.6 Å². The summed E-state index contributed by atoms with van der Waals surface area (Å²) < 4.78 is 232. The van der Waals surface area contributed by atoms with Crippen LogP contribution in [0.3, 0.4) is 0 Å². The van der Waals surface area contributed by atoms with E-state index in [9.17, 15) is 74.6 Å². The summed E-state index contributed by atoms with van der Waals surface area (Å²) in [5.74, 6) is -56.4. The van der Waals surface area contributed by atoms with Crippen LogP contribution in [-0.4, -0.2) is 69.2 Å². The Kier molecular flexibility index (Phi) is 11.6. The molecule has 248 valence electrons. The highest BCUT2D eigenvalue weighted by atomic mass is 19.4. The normalized spacial score (nSPS) is 15.0. The van der Waals surface area contributed by atoms with Crippen LogP contribution in [0.2, 0.25) is 0 Å². The molecule has 0 saturated heterocycles. The number of aryl methyl sites for hydroxylation is 1. The smallest absolute Gasteiger partial charge is 0.375 e.